The summed E-state index contributed by atoms with van der Waals surface area (Å²) in [5.74, 6) is 0.0324. The van der Waals surface area contributed by atoms with Crippen molar-refractivity contribution in [1.29, 1.82) is 0 Å². The van der Waals surface area contributed by atoms with E-state index in [-0.39, 0.29) is 11.2 Å². The Labute approximate surface area is 94.0 Å². The van der Waals surface area contributed by atoms with Crippen LogP contribution in [0, 0.1) is 11.7 Å². The predicted octanol–water partition coefficient (Wildman–Crippen LogP) is 4.29. The van der Waals surface area contributed by atoms with E-state index in [1.165, 1.54) is 12.1 Å². The third-order valence-corrected chi connectivity index (χ3v) is 3.12. The van der Waals surface area contributed by atoms with Crippen LogP contribution in [-0.4, -0.2) is 5.38 Å². The molecule has 0 heterocycles. The number of alkyl halides is 1. The Kier molecular flexibility index (Phi) is 4.21. The molecule has 0 aliphatic heterocycles. The van der Waals surface area contributed by atoms with Gasteiger partial charge >= 0.3 is 0 Å². The van der Waals surface area contributed by atoms with Gasteiger partial charge in [-0.05, 0) is 37.0 Å². The highest BCUT2D eigenvalue weighted by Gasteiger charge is 2.12. The maximum absolute atomic E-state index is 12.7. The summed E-state index contributed by atoms with van der Waals surface area (Å²) in [6.45, 7) is 4.00. The van der Waals surface area contributed by atoms with Gasteiger partial charge in [0.05, 0.1) is 0 Å². The van der Waals surface area contributed by atoms with Crippen LogP contribution in [0.25, 0.3) is 0 Å². The van der Waals surface area contributed by atoms with Gasteiger partial charge in [-0.2, -0.15) is 0 Å². The van der Waals surface area contributed by atoms with Gasteiger partial charge in [-0.3, -0.25) is 0 Å². The average molecular weight is 235 g/mol. The fourth-order valence-electron chi connectivity index (χ4n) is 1.20. The summed E-state index contributed by atoms with van der Waals surface area (Å²) in [7, 11) is 0. The van der Waals surface area contributed by atoms with Crippen LogP contribution in [0.2, 0.25) is 5.02 Å². The zero-order valence-corrected chi connectivity index (χ0v) is 9.74. The van der Waals surface area contributed by atoms with Gasteiger partial charge in [0.25, 0.3) is 0 Å². The molecule has 0 saturated heterocycles. The van der Waals surface area contributed by atoms with Crippen LogP contribution in [-0.2, 0) is 6.42 Å². The Morgan fingerprint density at radius 2 is 2.00 bits per heavy atom. The Hall–Kier alpha value is -0.270. The van der Waals surface area contributed by atoms with Crippen LogP contribution in [0.5, 0.6) is 0 Å². The van der Waals surface area contributed by atoms with Crippen LogP contribution in [0.15, 0.2) is 18.2 Å². The highest BCUT2D eigenvalue weighted by molar-refractivity contribution is 6.31. The number of benzene rings is 1. The molecule has 1 rings (SSSR count). The number of halogens is 3. The largest absolute Gasteiger partial charge is 0.207 e. The minimum Gasteiger partial charge on any atom is -0.207 e. The van der Waals surface area contributed by atoms with Crippen molar-refractivity contribution in [2.45, 2.75) is 25.6 Å². The molecule has 14 heavy (non-hydrogen) atoms. The summed E-state index contributed by atoms with van der Waals surface area (Å²) in [6.07, 6.45) is 0.782. The number of hydrogen-bond donors (Lipinski definition) is 0. The minimum atomic E-state index is -0.301. The van der Waals surface area contributed by atoms with Crippen molar-refractivity contribution in [3.63, 3.8) is 0 Å². The zero-order valence-electron chi connectivity index (χ0n) is 8.23. The molecule has 0 radical (unpaired) electrons. The van der Waals surface area contributed by atoms with Gasteiger partial charge in [0.1, 0.15) is 5.82 Å². The molecule has 0 spiro atoms. The van der Waals surface area contributed by atoms with E-state index in [1.807, 2.05) is 6.92 Å². The Bertz CT molecular complexity index is 310. The summed E-state index contributed by atoms with van der Waals surface area (Å²) in [6, 6.07) is 4.47. The van der Waals surface area contributed by atoms with E-state index in [1.54, 1.807) is 6.07 Å². The summed E-state index contributed by atoms with van der Waals surface area (Å²) in [4.78, 5) is 0. The highest BCUT2D eigenvalue weighted by Crippen LogP contribution is 2.23. The normalized spacial score (nSPS) is 15.2. The molecule has 0 fully saturated rings. The molecule has 0 aliphatic carbocycles. The van der Waals surface area contributed by atoms with E-state index in [9.17, 15) is 4.39 Å². The first kappa shape index (κ1) is 11.8. The molecule has 2 unspecified atom stereocenters. The van der Waals surface area contributed by atoms with Gasteiger partial charge in [0.2, 0.25) is 0 Å². The summed E-state index contributed by atoms with van der Waals surface area (Å²) in [5.41, 5.74) is 0.952. The van der Waals surface area contributed by atoms with Crippen LogP contribution in [0.3, 0.4) is 0 Å². The first-order valence-electron chi connectivity index (χ1n) is 4.58. The second kappa shape index (κ2) is 4.99. The van der Waals surface area contributed by atoms with Crippen molar-refractivity contribution in [3.05, 3.63) is 34.6 Å². The van der Waals surface area contributed by atoms with E-state index < -0.39 is 0 Å². The lowest BCUT2D eigenvalue weighted by molar-refractivity contribution is 0.566. The summed E-state index contributed by atoms with van der Waals surface area (Å²) < 4.78 is 12.7. The Morgan fingerprint density at radius 3 is 2.50 bits per heavy atom. The smallest absolute Gasteiger partial charge is 0.124 e. The number of rotatable bonds is 3. The molecule has 0 aromatic heterocycles. The number of hydrogen-bond acceptors (Lipinski definition) is 0. The molecule has 0 nitrogen and oxygen atoms in total. The maximum atomic E-state index is 12.7. The van der Waals surface area contributed by atoms with E-state index in [4.69, 9.17) is 23.2 Å². The van der Waals surface area contributed by atoms with Crippen molar-refractivity contribution >= 4 is 23.2 Å². The topological polar surface area (TPSA) is 0 Å². The molecule has 0 amide bonds. The van der Waals surface area contributed by atoms with Crippen molar-refractivity contribution in [2.24, 2.45) is 5.92 Å². The quantitative estimate of drug-likeness (QED) is 0.685. The van der Waals surface area contributed by atoms with Crippen LogP contribution in [0.4, 0.5) is 4.39 Å². The summed E-state index contributed by atoms with van der Waals surface area (Å²) in [5, 5.41) is 0.574. The van der Waals surface area contributed by atoms with E-state index in [0.717, 1.165) is 12.0 Å². The van der Waals surface area contributed by atoms with Crippen molar-refractivity contribution in [2.75, 3.05) is 0 Å². The van der Waals surface area contributed by atoms with Crippen LogP contribution >= 0.6 is 23.2 Å². The molecule has 0 saturated carbocycles. The standard InChI is InChI=1S/C11H13Cl2F/c1-7(8(2)12)5-9-3-4-10(14)6-11(9)13/h3-4,6-8H,5H2,1-2H3. The first-order valence-corrected chi connectivity index (χ1v) is 5.40. The Morgan fingerprint density at radius 1 is 1.36 bits per heavy atom. The highest BCUT2D eigenvalue weighted by atomic mass is 35.5. The maximum Gasteiger partial charge on any atom is 0.124 e. The van der Waals surface area contributed by atoms with Gasteiger partial charge in [-0.15, -0.1) is 11.6 Å². The van der Waals surface area contributed by atoms with Crippen molar-refractivity contribution in [3.8, 4) is 0 Å². The molecule has 2 atom stereocenters. The third kappa shape index (κ3) is 3.14. The average Bonchev–Trinajstić information content (AvgIpc) is 2.09. The van der Waals surface area contributed by atoms with Gasteiger partial charge in [0, 0.05) is 10.4 Å². The second-order valence-electron chi connectivity index (χ2n) is 3.59. The van der Waals surface area contributed by atoms with Crippen molar-refractivity contribution < 1.29 is 4.39 Å². The molecule has 3 heteroatoms. The van der Waals surface area contributed by atoms with Crippen LogP contribution in [0.1, 0.15) is 19.4 Å². The fourth-order valence-corrected chi connectivity index (χ4v) is 1.53. The lowest BCUT2D eigenvalue weighted by Crippen LogP contribution is -2.10. The molecule has 1 aromatic carbocycles. The lowest BCUT2D eigenvalue weighted by atomic mass is 9.98. The van der Waals surface area contributed by atoms with E-state index in [0.29, 0.717) is 10.9 Å². The molecule has 1 aromatic rings. The summed E-state index contributed by atoms with van der Waals surface area (Å²) >= 11 is 11.8. The van der Waals surface area contributed by atoms with Gasteiger partial charge in [0.15, 0.2) is 0 Å². The predicted molar refractivity (Wildman–Crippen MR) is 59.6 cm³/mol. The van der Waals surface area contributed by atoms with Gasteiger partial charge in [-0.25, -0.2) is 4.39 Å². The molecular weight excluding hydrogens is 222 g/mol. The molecule has 0 N–H and O–H groups in total. The van der Waals surface area contributed by atoms with Crippen LogP contribution < -0.4 is 0 Å². The third-order valence-electron chi connectivity index (χ3n) is 2.34. The van der Waals surface area contributed by atoms with E-state index in [2.05, 4.69) is 6.92 Å². The van der Waals surface area contributed by atoms with E-state index >= 15 is 0 Å². The van der Waals surface area contributed by atoms with Gasteiger partial charge in [-0.1, -0.05) is 24.6 Å². The monoisotopic (exact) mass is 234 g/mol. The molecular formula is C11H13Cl2F. The molecule has 0 aliphatic rings. The Balaban J connectivity index is 2.77. The molecule has 0 bridgehead atoms. The first-order chi connectivity index (χ1) is 6.50. The zero-order chi connectivity index (χ0) is 10.7. The molecule has 78 valence electrons. The van der Waals surface area contributed by atoms with Gasteiger partial charge < -0.3 is 0 Å². The minimum absolute atomic E-state index is 0.0936. The second-order valence-corrected chi connectivity index (χ2v) is 4.69. The lowest BCUT2D eigenvalue weighted by Gasteiger charge is -2.14. The SMILES string of the molecule is CC(Cl)C(C)Cc1ccc(F)cc1Cl. The van der Waals surface area contributed by atoms with Crippen molar-refractivity contribution in [1.82, 2.24) is 0 Å². The fraction of sp³-hybridized carbons (Fsp3) is 0.455.